The maximum Gasteiger partial charge on any atom is 0.279 e. The highest BCUT2D eigenvalue weighted by atomic mass is 32.2. The van der Waals surface area contributed by atoms with Crippen molar-refractivity contribution in [2.45, 2.75) is 13.3 Å². The van der Waals surface area contributed by atoms with E-state index in [0.717, 1.165) is 6.08 Å². The summed E-state index contributed by atoms with van der Waals surface area (Å²) >= 11 is -1.24. The van der Waals surface area contributed by atoms with E-state index in [1.165, 1.54) is 24.9 Å². The van der Waals surface area contributed by atoms with Crippen LogP contribution in [0.3, 0.4) is 0 Å². The van der Waals surface area contributed by atoms with Crippen molar-refractivity contribution in [3.05, 3.63) is 41.9 Å². The standard InChI is InChI=1S/C19H22F3N7OS/c1-11-8-29(9-12(18(11)20)6-27-31(2)30)17-5-14(25-10-26-17)15-7-24-16(28-15)4-3-13(23)19(21)22/h3-5,7,10,12,19,23,27H,6,8-9H2,1-2H3,(H,24,28)/b4-3-,23-13?. The second kappa shape index (κ2) is 10.1. The van der Waals surface area contributed by atoms with E-state index in [-0.39, 0.29) is 12.4 Å². The molecule has 0 amide bonds. The van der Waals surface area contributed by atoms with Crippen LogP contribution in [0.5, 0.6) is 0 Å². The summed E-state index contributed by atoms with van der Waals surface area (Å²) in [6.45, 7) is 2.67. The number of rotatable bonds is 8. The number of imidazole rings is 1. The summed E-state index contributed by atoms with van der Waals surface area (Å²) < 4.78 is 53.4. The molecule has 31 heavy (non-hydrogen) atoms. The second-order valence-corrected chi connectivity index (χ2v) is 8.24. The Kier molecular flexibility index (Phi) is 7.46. The average Bonchev–Trinajstić information content (AvgIpc) is 3.22. The fourth-order valence-corrected chi connectivity index (χ4v) is 3.56. The Labute approximate surface area is 180 Å². The van der Waals surface area contributed by atoms with E-state index >= 15 is 0 Å². The number of alkyl halides is 2. The molecule has 0 aliphatic carbocycles. The highest BCUT2D eigenvalue weighted by molar-refractivity contribution is 7.88. The summed E-state index contributed by atoms with van der Waals surface area (Å²) in [5.41, 5.74) is 0.842. The van der Waals surface area contributed by atoms with Crippen LogP contribution in [-0.2, 0) is 11.4 Å². The Bertz CT molecular complexity index is 992. The summed E-state index contributed by atoms with van der Waals surface area (Å²) in [5, 5.41) is 7.15. The lowest BCUT2D eigenvalue weighted by molar-refractivity contribution is 0.226. The molecule has 3 heterocycles. The minimum absolute atomic E-state index is 0.206. The molecule has 2 unspecified atom stereocenters. The van der Waals surface area contributed by atoms with E-state index in [1.54, 1.807) is 13.0 Å². The second-order valence-electron chi connectivity index (χ2n) is 7.04. The van der Waals surface area contributed by atoms with Crippen LogP contribution in [0, 0.1) is 11.3 Å². The van der Waals surface area contributed by atoms with Crippen LogP contribution in [-0.4, -0.2) is 62.5 Å². The molecule has 1 aliphatic rings. The Morgan fingerprint density at radius 1 is 1.45 bits per heavy atom. The van der Waals surface area contributed by atoms with Crippen LogP contribution >= 0.6 is 0 Å². The number of hydrogen-bond acceptors (Lipinski definition) is 7. The highest BCUT2D eigenvalue weighted by Gasteiger charge is 2.28. The van der Waals surface area contributed by atoms with Crippen LogP contribution in [0.25, 0.3) is 17.5 Å². The molecule has 3 rings (SSSR count). The molecule has 2 aromatic rings. The van der Waals surface area contributed by atoms with Gasteiger partial charge in [0.1, 0.15) is 30.1 Å². The van der Waals surface area contributed by atoms with E-state index in [0.29, 0.717) is 41.7 Å². The van der Waals surface area contributed by atoms with Gasteiger partial charge in [-0.15, -0.1) is 4.72 Å². The van der Waals surface area contributed by atoms with Crippen LogP contribution < -0.4 is 9.62 Å². The first kappa shape index (κ1) is 23.0. The molecule has 12 heteroatoms. The van der Waals surface area contributed by atoms with Gasteiger partial charge in [-0.1, -0.05) is 0 Å². The molecule has 0 radical (unpaired) electrons. The van der Waals surface area contributed by atoms with E-state index < -0.39 is 29.4 Å². The normalized spacial score (nSPS) is 18.3. The number of anilines is 1. The van der Waals surface area contributed by atoms with Gasteiger partial charge in [0.2, 0.25) is 0 Å². The first-order valence-corrected chi connectivity index (χ1v) is 10.9. The minimum atomic E-state index is -2.85. The lowest BCUT2D eigenvalue weighted by Crippen LogP contribution is -2.41. The molecular weight excluding hydrogens is 431 g/mol. The smallest absolute Gasteiger partial charge is 0.279 e. The van der Waals surface area contributed by atoms with E-state index in [4.69, 9.17) is 5.41 Å². The summed E-state index contributed by atoms with van der Waals surface area (Å²) in [5.74, 6) is 0.233. The zero-order valence-corrected chi connectivity index (χ0v) is 17.7. The highest BCUT2D eigenvalue weighted by Crippen LogP contribution is 2.28. The van der Waals surface area contributed by atoms with Crippen molar-refractivity contribution in [1.82, 2.24) is 24.7 Å². The van der Waals surface area contributed by atoms with Gasteiger partial charge in [0, 0.05) is 36.4 Å². The third kappa shape index (κ3) is 5.93. The zero-order chi connectivity index (χ0) is 22.5. The maximum atomic E-state index is 14.5. The number of hydrogen-bond donors (Lipinski definition) is 3. The Morgan fingerprint density at radius 3 is 2.94 bits per heavy atom. The lowest BCUT2D eigenvalue weighted by atomic mass is 9.99. The Hall–Kier alpha value is -2.70. The van der Waals surface area contributed by atoms with Crippen LogP contribution in [0.1, 0.15) is 12.7 Å². The number of aromatic amines is 1. The van der Waals surface area contributed by atoms with Crippen molar-refractivity contribution in [3.63, 3.8) is 0 Å². The van der Waals surface area contributed by atoms with Crippen molar-refractivity contribution >= 4 is 29.0 Å². The molecule has 0 saturated heterocycles. The fraction of sp³-hybridized carbons (Fsp3) is 0.368. The van der Waals surface area contributed by atoms with Gasteiger partial charge in [-0.25, -0.2) is 28.1 Å². The molecule has 3 N–H and O–H groups in total. The van der Waals surface area contributed by atoms with Gasteiger partial charge in [0.05, 0.1) is 29.8 Å². The van der Waals surface area contributed by atoms with Crippen LogP contribution in [0.4, 0.5) is 19.0 Å². The minimum Gasteiger partial charge on any atom is -0.598 e. The van der Waals surface area contributed by atoms with Gasteiger partial charge in [-0.2, -0.15) is 0 Å². The van der Waals surface area contributed by atoms with Crippen molar-refractivity contribution in [2.24, 2.45) is 5.92 Å². The quantitative estimate of drug-likeness (QED) is 0.418. The third-order valence-electron chi connectivity index (χ3n) is 4.67. The van der Waals surface area contributed by atoms with Crippen LogP contribution in [0.2, 0.25) is 0 Å². The molecule has 1 aliphatic heterocycles. The van der Waals surface area contributed by atoms with E-state index in [9.17, 15) is 17.7 Å². The van der Waals surface area contributed by atoms with E-state index in [2.05, 4.69) is 24.7 Å². The van der Waals surface area contributed by atoms with Crippen molar-refractivity contribution in [3.8, 4) is 11.4 Å². The van der Waals surface area contributed by atoms with Gasteiger partial charge in [-0.05, 0) is 24.6 Å². The number of nitrogens with one attached hydrogen (secondary N) is 3. The molecule has 0 saturated carbocycles. The molecule has 0 fully saturated rings. The molecular formula is C19H22F3N7OS. The van der Waals surface area contributed by atoms with Gasteiger partial charge in [-0.3, -0.25) is 5.41 Å². The Balaban J connectivity index is 1.77. The number of halogens is 3. The third-order valence-corrected chi connectivity index (χ3v) is 5.25. The predicted molar refractivity (Wildman–Crippen MR) is 114 cm³/mol. The van der Waals surface area contributed by atoms with Crippen molar-refractivity contribution < 1.29 is 17.7 Å². The largest absolute Gasteiger partial charge is 0.598 e. The first-order chi connectivity index (χ1) is 14.7. The predicted octanol–water partition coefficient (Wildman–Crippen LogP) is 2.73. The number of nitrogens with zero attached hydrogens (tertiary/aromatic N) is 4. The van der Waals surface area contributed by atoms with Gasteiger partial charge in [0.15, 0.2) is 0 Å². The summed E-state index contributed by atoms with van der Waals surface area (Å²) in [6, 6.07) is 1.72. The number of aromatic nitrogens is 4. The number of H-pyrrole nitrogens is 1. The monoisotopic (exact) mass is 453 g/mol. The zero-order valence-electron chi connectivity index (χ0n) is 16.9. The summed E-state index contributed by atoms with van der Waals surface area (Å²) in [6.07, 6.45) is 3.80. The molecule has 2 atom stereocenters. The molecule has 2 aromatic heterocycles. The van der Waals surface area contributed by atoms with Crippen molar-refractivity contribution in [2.75, 3.05) is 30.8 Å². The summed E-state index contributed by atoms with van der Waals surface area (Å²) in [4.78, 5) is 17.5. The van der Waals surface area contributed by atoms with Gasteiger partial charge < -0.3 is 14.4 Å². The van der Waals surface area contributed by atoms with E-state index in [1.807, 2.05) is 4.90 Å². The average molecular weight is 453 g/mol. The lowest BCUT2D eigenvalue weighted by Gasteiger charge is -2.33. The molecule has 0 spiro atoms. The number of allylic oxidation sites excluding steroid dienone is 1. The summed E-state index contributed by atoms with van der Waals surface area (Å²) in [7, 11) is 0. The van der Waals surface area contributed by atoms with Gasteiger partial charge >= 0.3 is 0 Å². The fourth-order valence-electron chi connectivity index (χ4n) is 3.13. The molecule has 8 nitrogen and oxygen atoms in total. The Morgan fingerprint density at radius 2 is 2.23 bits per heavy atom. The molecule has 0 bridgehead atoms. The maximum absolute atomic E-state index is 14.5. The SMILES string of the molecule is CC1=C(F)C(CN[S+](C)[O-])CN(c2cc(-c3cnc(/C=C\C(=N)C(F)F)[nH]3)ncn2)C1. The van der Waals surface area contributed by atoms with Crippen molar-refractivity contribution in [1.29, 1.82) is 5.41 Å². The topological polar surface area (TPSA) is 117 Å². The van der Waals surface area contributed by atoms with Crippen LogP contribution in [0.15, 0.2) is 36.1 Å². The molecule has 0 aromatic carbocycles. The first-order valence-electron chi connectivity index (χ1n) is 9.33. The molecule has 166 valence electrons. The van der Waals surface area contributed by atoms with Gasteiger partial charge in [0.25, 0.3) is 6.43 Å².